The first-order chi connectivity index (χ1) is 27.6. The molecule has 0 atom stereocenters. The lowest BCUT2D eigenvalue weighted by atomic mass is 9.89. The van der Waals surface area contributed by atoms with Gasteiger partial charge in [0, 0.05) is 69.2 Å². The number of methoxy groups -OCH3 is 1. The molecule has 3 aromatic rings. The van der Waals surface area contributed by atoms with Crippen molar-refractivity contribution in [3.05, 3.63) is 74.2 Å². The molecule has 3 aliphatic rings. The molecule has 0 unspecified atom stereocenters. The third kappa shape index (κ3) is 11.7. The van der Waals surface area contributed by atoms with Crippen LogP contribution in [-0.4, -0.2) is 136 Å². The number of likely N-dealkylation sites (tertiary alicyclic amines) is 1. The number of nitrogens with one attached hydrogen (secondary N) is 2. The van der Waals surface area contributed by atoms with Gasteiger partial charge in [-0.2, -0.15) is 0 Å². The molecule has 4 heterocycles. The highest BCUT2D eigenvalue weighted by Gasteiger charge is 2.41. The highest BCUT2D eigenvalue weighted by molar-refractivity contribution is 7.09. The van der Waals surface area contributed by atoms with E-state index in [0.717, 1.165) is 71.4 Å². The highest BCUT2D eigenvalue weighted by Crippen LogP contribution is 2.34. The van der Waals surface area contributed by atoms with Crippen LogP contribution in [0, 0.1) is 0 Å². The molecule has 3 amide bonds. The Morgan fingerprint density at radius 2 is 1.82 bits per heavy atom. The normalized spacial score (nSPS) is 16.7. The second kappa shape index (κ2) is 20.9. The number of morpholine rings is 1. The lowest BCUT2D eigenvalue weighted by Gasteiger charge is -2.47. The topological polar surface area (TPSA) is 135 Å². The number of aromatic nitrogens is 1. The van der Waals surface area contributed by atoms with E-state index in [1.807, 2.05) is 45.5 Å². The van der Waals surface area contributed by atoms with Gasteiger partial charge in [-0.25, -0.2) is 4.98 Å². The molecular formula is C42H57ClN6O7S. The molecule has 1 aromatic heterocycles. The third-order valence-electron chi connectivity index (χ3n) is 10.8. The number of rotatable bonds is 19. The van der Waals surface area contributed by atoms with Crippen molar-refractivity contribution in [3.8, 4) is 5.75 Å². The molecule has 2 fully saturated rings. The predicted molar refractivity (Wildman–Crippen MR) is 221 cm³/mol. The molecule has 13 nitrogen and oxygen atoms in total. The first-order valence-electron chi connectivity index (χ1n) is 20.1. The van der Waals surface area contributed by atoms with Gasteiger partial charge in [-0.1, -0.05) is 55.8 Å². The SMILES string of the molecule is COCCN(CCNCCc1cccc2c1OCC(=O)N2)C(=O)CCOCCc1cccc(CN2CCC3(CC2)CN(C(=O)c2csc(C(C)C)n2)CCO3)c1Cl. The summed E-state index contributed by atoms with van der Waals surface area (Å²) in [6.07, 6.45) is 3.37. The molecule has 0 aliphatic carbocycles. The molecule has 0 bridgehead atoms. The average Bonchev–Trinajstić information content (AvgIpc) is 3.72. The van der Waals surface area contributed by atoms with Gasteiger partial charge in [0.05, 0.1) is 55.7 Å². The average molecular weight is 825 g/mol. The molecule has 57 heavy (non-hydrogen) atoms. The van der Waals surface area contributed by atoms with E-state index in [1.165, 1.54) is 0 Å². The van der Waals surface area contributed by atoms with Crippen LogP contribution in [0.1, 0.15) is 71.2 Å². The van der Waals surface area contributed by atoms with Gasteiger partial charge in [-0.05, 0) is 55.0 Å². The summed E-state index contributed by atoms with van der Waals surface area (Å²) in [5.41, 5.74) is 4.05. The van der Waals surface area contributed by atoms with Crippen LogP contribution in [0.15, 0.2) is 41.8 Å². The maximum Gasteiger partial charge on any atom is 0.273 e. The standard InChI is InChI=1S/C42H57ClN6O7S/c1-30(2)40-46-35(28-57-40)41(52)49-21-25-56-42(29-49)13-17-47(18-14-42)26-33-8-4-6-31(38(33)43)11-22-54-23-12-37(51)48(20-24-53-3)19-16-44-15-10-32-7-5-9-34-39(32)55-27-36(50)45-34/h4-9,28,30,44H,10-27,29H2,1-3H3,(H,45,50). The maximum absolute atomic E-state index is 13.3. The fourth-order valence-corrected chi connectivity index (χ4v) is 8.63. The first-order valence-corrected chi connectivity index (χ1v) is 21.4. The van der Waals surface area contributed by atoms with Crippen LogP contribution >= 0.6 is 22.9 Å². The second-order valence-electron chi connectivity index (χ2n) is 15.3. The number of anilines is 1. The number of benzene rings is 2. The van der Waals surface area contributed by atoms with Crippen LogP contribution in [0.25, 0.3) is 0 Å². The highest BCUT2D eigenvalue weighted by atomic mass is 35.5. The Bertz CT molecular complexity index is 1820. The Labute approximate surface area is 345 Å². The van der Waals surface area contributed by atoms with Crippen LogP contribution in [0.3, 0.4) is 0 Å². The van der Waals surface area contributed by atoms with E-state index in [-0.39, 0.29) is 36.4 Å². The number of ether oxygens (including phenoxy) is 4. The summed E-state index contributed by atoms with van der Waals surface area (Å²) >= 11 is 8.50. The zero-order valence-electron chi connectivity index (χ0n) is 33.5. The smallest absolute Gasteiger partial charge is 0.273 e. The monoisotopic (exact) mass is 824 g/mol. The number of nitrogens with zero attached hydrogens (tertiary/aromatic N) is 4. The first kappa shape index (κ1) is 43.0. The van der Waals surface area contributed by atoms with E-state index in [1.54, 1.807) is 18.4 Å². The molecule has 0 saturated carbocycles. The van der Waals surface area contributed by atoms with E-state index in [0.29, 0.717) is 89.4 Å². The number of carbonyl (C=O) groups is 3. The number of para-hydroxylation sites is 1. The zero-order valence-corrected chi connectivity index (χ0v) is 35.1. The van der Waals surface area contributed by atoms with Crippen LogP contribution in [0.4, 0.5) is 5.69 Å². The van der Waals surface area contributed by atoms with Gasteiger partial charge in [0.25, 0.3) is 11.8 Å². The number of carbonyl (C=O) groups excluding carboxylic acids is 3. The minimum Gasteiger partial charge on any atom is -0.481 e. The number of thiazole rings is 1. The van der Waals surface area contributed by atoms with Crippen molar-refractivity contribution in [1.29, 1.82) is 0 Å². The molecule has 2 aromatic carbocycles. The van der Waals surface area contributed by atoms with Crippen LogP contribution in [0.2, 0.25) is 5.02 Å². The number of hydrogen-bond acceptors (Lipinski definition) is 11. The number of halogens is 1. The summed E-state index contributed by atoms with van der Waals surface area (Å²) < 4.78 is 23.2. The van der Waals surface area contributed by atoms with Crippen molar-refractivity contribution in [2.24, 2.45) is 0 Å². The van der Waals surface area contributed by atoms with Crippen molar-refractivity contribution < 1.29 is 33.3 Å². The van der Waals surface area contributed by atoms with E-state index >= 15 is 0 Å². The fourth-order valence-electron chi connectivity index (χ4n) is 7.54. The summed E-state index contributed by atoms with van der Waals surface area (Å²) in [5, 5.41) is 9.91. The summed E-state index contributed by atoms with van der Waals surface area (Å²) in [5.74, 6) is 0.907. The van der Waals surface area contributed by atoms with E-state index in [9.17, 15) is 14.4 Å². The lowest BCUT2D eigenvalue weighted by molar-refractivity contribution is -0.133. The van der Waals surface area contributed by atoms with Gasteiger partial charge in [-0.3, -0.25) is 19.3 Å². The van der Waals surface area contributed by atoms with Gasteiger partial charge in [-0.15, -0.1) is 11.3 Å². The van der Waals surface area contributed by atoms with Crippen LogP contribution in [0.5, 0.6) is 5.75 Å². The van der Waals surface area contributed by atoms with Gasteiger partial charge >= 0.3 is 0 Å². The Kier molecular flexibility index (Phi) is 15.7. The maximum atomic E-state index is 13.3. The number of piperidine rings is 1. The number of hydrogen-bond donors (Lipinski definition) is 2. The summed E-state index contributed by atoms with van der Waals surface area (Å²) in [6, 6.07) is 11.9. The molecule has 1 spiro atoms. The summed E-state index contributed by atoms with van der Waals surface area (Å²) in [7, 11) is 1.63. The number of fused-ring (bicyclic) bond motifs is 1. The van der Waals surface area contributed by atoms with Crippen LogP contribution in [-0.2, 0) is 43.2 Å². The van der Waals surface area contributed by atoms with E-state index in [4.69, 9.17) is 30.5 Å². The molecule has 2 N–H and O–H groups in total. The second-order valence-corrected chi connectivity index (χ2v) is 16.5. The molecule has 6 rings (SSSR count). The Morgan fingerprint density at radius 1 is 1.04 bits per heavy atom. The minimum atomic E-state index is -0.328. The largest absolute Gasteiger partial charge is 0.481 e. The van der Waals surface area contributed by atoms with Crippen molar-refractivity contribution in [3.63, 3.8) is 0 Å². The van der Waals surface area contributed by atoms with Gasteiger partial charge in [0.15, 0.2) is 6.61 Å². The van der Waals surface area contributed by atoms with Crippen molar-refractivity contribution in [2.45, 2.75) is 64.0 Å². The molecule has 15 heteroatoms. The van der Waals surface area contributed by atoms with Crippen molar-refractivity contribution in [2.75, 3.05) is 97.8 Å². The van der Waals surface area contributed by atoms with E-state index < -0.39 is 0 Å². The Morgan fingerprint density at radius 3 is 2.61 bits per heavy atom. The van der Waals surface area contributed by atoms with Crippen LogP contribution < -0.4 is 15.4 Å². The van der Waals surface area contributed by atoms with Gasteiger partial charge in [0.1, 0.15) is 11.4 Å². The van der Waals surface area contributed by atoms with E-state index in [2.05, 4.69) is 40.4 Å². The lowest BCUT2D eigenvalue weighted by Crippen LogP contribution is -2.58. The Balaban J connectivity index is 0.890. The van der Waals surface area contributed by atoms with Crippen molar-refractivity contribution in [1.82, 2.24) is 25.0 Å². The quantitative estimate of drug-likeness (QED) is 0.159. The fraction of sp³-hybridized carbons (Fsp3) is 0.571. The van der Waals surface area contributed by atoms with Gasteiger partial charge in [0.2, 0.25) is 5.91 Å². The molecule has 2 saturated heterocycles. The summed E-state index contributed by atoms with van der Waals surface area (Å²) in [4.78, 5) is 48.8. The van der Waals surface area contributed by atoms with Crippen molar-refractivity contribution >= 4 is 46.3 Å². The Hall–Kier alpha value is -3.63. The molecular weight excluding hydrogens is 768 g/mol. The molecule has 310 valence electrons. The van der Waals surface area contributed by atoms with Gasteiger partial charge < -0.3 is 39.4 Å². The predicted octanol–water partition coefficient (Wildman–Crippen LogP) is 5.01. The zero-order chi connectivity index (χ0) is 40.2. The minimum absolute atomic E-state index is 0.0000847. The third-order valence-corrected chi connectivity index (χ3v) is 12.5. The molecule has 0 radical (unpaired) electrons. The number of amides is 3. The summed E-state index contributed by atoms with van der Waals surface area (Å²) in [6.45, 7) is 12.1. The molecule has 3 aliphatic heterocycles.